The summed E-state index contributed by atoms with van der Waals surface area (Å²) in [5.74, 6) is -0.488. The minimum absolute atomic E-state index is 0.231. The summed E-state index contributed by atoms with van der Waals surface area (Å²) in [7, 11) is 0. The molecule has 1 aromatic heterocycles. The van der Waals surface area contributed by atoms with E-state index >= 15 is 0 Å². The molecule has 0 aliphatic carbocycles. The third-order valence-electron chi connectivity index (χ3n) is 3.02. The third kappa shape index (κ3) is 2.04. The lowest BCUT2D eigenvalue weighted by Gasteiger charge is -2.22. The van der Waals surface area contributed by atoms with Gasteiger partial charge in [0.2, 0.25) is 0 Å². The van der Waals surface area contributed by atoms with E-state index in [2.05, 4.69) is 0 Å². The molecule has 0 aromatic carbocycles. The number of aliphatic carboxylic acids is 1. The van der Waals surface area contributed by atoms with Gasteiger partial charge in [-0.15, -0.1) is 0 Å². The first kappa shape index (κ1) is 10.2. The van der Waals surface area contributed by atoms with Crippen LogP contribution in [0.4, 0.5) is 0 Å². The molecule has 1 aliphatic rings. The fraction of sp³-hybridized carbons (Fsp3) is 0.545. The van der Waals surface area contributed by atoms with Gasteiger partial charge in [0.25, 0.3) is 0 Å². The SMILES string of the molecule is CC1CCN(Cc2ccoc2)C1C(=O)O. The number of hydrogen-bond donors (Lipinski definition) is 1. The number of carboxylic acids is 1. The van der Waals surface area contributed by atoms with E-state index in [4.69, 9.17) is 9.52 Å². The lowest BCUT2D eigenvalue weighted by Crippen LogP contribution is -2.38. The summed E-state index contributed by atoms with van der Waals surface area (Å²) < 4.78 is 4.97. The summed E-state index contributed by atoms with van der Waals surface area (Å²) >= 11 is 0. The van der Waals surface area contributed by atoms with E-state index in [9.17, 15) is 4.79 Å². The van der Waals surface area contributed by atoms with Gasteiger partial charge >= 0.3 is 5.97 Å². The molecule has 0 saturated carbocycles. The van der Waals surface area contributed by atoms with Crippen LogP contribution in [0.15, 0.2) is 23.0 Å². The average Bonchev–Trinajstić information content (AvgIpc) is 2.76. The topological polar surface area (TPSA) is 53.7 Å². The molecule has 0 amide bonds. The van der Waals surface area contributed by atoms with E-state index in [0.29, 0.717) is 6.54 Å². The molecule has 1 N–H and O–H groups in total. The first-order chi connectivity index (χ1) is 7.18. The maximum atomic E-state index is 11.1. The Kier molecular flexibility index (Phi) is 2.77. The van der Waals surface area contributed by atoms with Crippen LogP contribution in [0, 0.1) is 5.92 Å². The molecule has 4 nitrogen and oxygen atoms in total. The standard InChI is InChI=1S/C11H15NO3/c1-8-2-4-12(10(8)11(13)14)6-9-3-5-15-7-9/h3,5,7-8,10H,2,4,6H2,1H3,(H,13,14). The highest BCUT2D eigenvalue weighted by atomic mass is 16.4. The average molecular weight is 209 g/mol. The minimum Gasteiger partial charge on any atom is -0.480 e. The van der Waals surface area contributed by atoms with E-state index in [-0.39, 0.29) is 12.0 Å². The zero-order valence-electron chi connectivity index (χ0n) is 8.72. The summed E-state index contributed by atoms with van der Waals surface area (Å²) in [4.78, 5) is 13.1. The second-order valence-electron chi connectivity index (χ2n) is 4.15. The lowest BCUT2D eigenvalue weighted by molar-refractivity contribution is -0.143. The molecule has 82 valence electrons. The molecule has 4 heteroatoms. The van der Waals surface area contributed by atoms with Gasteiger partial charge in [0.15, 0.2) is 0 Å². The Hall–Kier alpha value is -1.29. The van der Waals surface area contributed by atoms with E-state index in [1.54, 1.807) is 12.5 Å². The van der Waals surface area contributed by atoms with Crippen molar-refractivity contribution in [2.45, 2.75) is 25.9 Å². The first-order valence-corrected chi connectivity index (χ1v) is 5.16. The van der Waals surface area contributed by atoms with Crippen molar-refractivity contribution in [3.05, 3.63) is 24.2 Å². The largest absolute Gasteiger partial charge is 0.480 e. The van der Waals surface area contributed by atoms with Crippen LogP contribution in [-0.2, 0) is 11.3 Å². The number of nitrogens with zero attached hydrogens (tertiary/aromatic N) is 1. The van der Waals surface area contributed by atoms with Gasteiger partial charge < -0.3 is 9.52 Å². The normalized spacial score (nSPS) is 27.0. The number of rotatable bonds is 3. The zero-order valence-corrected chi connectivity index (χ0v) is 8.72. The molecule has 1 aliphatic heterocycles. The van der Waals surface area contributed by atoms with Crippen molar-refractivity contribution in [2.75, 3.05) is 6.54 Å². The predicted octanol–water partition coefficient (Wildman–Crippen LogP) is 1.57. The van der Waals surface area contributed by atoms with E-state index in [1.807, 2.05) is 17.9 Å². The Morgan fingerprint density at radius 1 is 1.73 bits per heavy atom. The summed E-state index contributed by atoms with van der Waals surface area (Å²) in [6, 6.07) is 1.53. The minimum atomic E-state index is -0.719. The van der Waals surface area contributed by atoms with Crippen molar-refractivity contribution in [3.63, 3.8) is 0 Å². The van der Waals surface area contributed by atoms with Crippen molar-refractivity contribution >= 4 is 5.97 Å². The Bertz CT molecular complexity index is 334. The second kappa shape index (κ2) is 4.06. The first-order valence-electron chi connectivity index (χ1n) is 5.16. The molecule has 2 atom stereocenters. The highest BCUT2D eigenvalue weighted by Gasteiger charge is 2.36. The molecular formula is C11H15NO3. The Morgan fingerprint density at radius 2 is 2.53 bits per heavy atom. The van der Waals surface area contributed by atoms with Crippen molar-refractivity contribution < 1.29 is 14.3 Å². The van der Waals surface area contributed by atoms with Crippen LogP contribution < -0.4 is 0 Å². The van der Waals surface area contributed by atoms with Crippen LogP contribution in [-0.4, -0.2) is 28.6 Å². The van der Waals surface area contributed by atoms with E-state index in [0.717, 1.165) is 18.5 Å². The van der Waals surface area contributed by atoms with Gasteiger partial charge in [0.05, 0.1) is 12.5 Å². The molecule has 1 aromatic rings. The van der Waals surface area contributed by atoms with E-state index < -0.39 is 5.97 Å². The maximum Gasteiger partial charge on any atom is 0.321 e. The van der Waals surface area contributed by atoms with Crippen LogP contribution in [0.5, 0.6) is 0 Å². The highest BCUT2D eigenvalue weighted by Crippen LogP contribution is 2.25. The smallest absolute Gasteiger partial charge is 0.321 e. The molecule has 15 heavy (non-hydrogen) atoms. The van der Waals surface area contributed by atoms with Gasteiger partial charge in [-0.05, 0) is 24.9 Å². The van der Waals surface area contributed by atoms with Crippen molar-refractivity contribution in [1.82, 2.24) is 4.90 Å². The summed E-state index contributed by atoms with van der Waals surface area (Å²) in [5.41, 5.74) is 1.04. The third-order valence-corrected chi connectivity index (χ3v) is 3.02. The molecule has 1 fully saturated rings. The van der Waals surface area contributed by atoms with Crippen LogP contribution in [0.3, 0.4) is 0 Å². The van der Waals surface area contributed by atoms with E-state index in [1.165, 1.54) is 0 Å². The fourth-order valence-corrected chi connectivity index (χ4v) is 2.22. The van der Waals surface area contributed by atoms with Gasteiger partial charge in [-0.2, -0.15) is 0 Å². The van der Waals surface area contributed by atoms with Crippen LogP contribution in [0.1, 0.15) is 18.9 Å². The van der Waals surface area contributed by atoms with Crippen LogP contribution in [0.2, 0.25) is 0 Å². The van der Waals surface area contributed by atoms with Crippen LogP contribution in [0.25, 0.3) is 0 Å². The molecule has 1 saturated heterocycles. The summed E-state index contributed by atoms with van der Waals surface area (Å²) in [6.45, 7) is 3.51. The summed E-state index contributed by atoms with van der Waals surface area (Å²) in [6.07, 6.45) is 4.24. The monoisotopic (exact) mass is 209 g/mol. The second-order valence-corrected chi connectivity index (χ2v) is 4.15. The molecule has 0 radical (unpaired) electrons. The summed E-state index contributed by atoms with van der Waals surface area (Å²) in [5, 5.41) is 9.12. The Labute approximate surface area is 88.5 Å². The quantitative estimate of drug-likeness (QED) is 0.821. The van der Waals surface area contributed by atoms with Crippen LogP contribution >= 0.6 is 0 Å². The molecule has 2 rings (SSSR count). The number of carbonyl (C=O) groups is 1. The van der Waals surface area contributed by atoms with Crippen molar-refractivity contribution in [1.29, 1.82) is 0 Å². The van der Waals surface area contributed by atoms with Crippen molar-refractivity contribution in [2.24, 2.45) is 5.92 Å². The zero-order chi connectivity index (χ0) is 10.8. The van der Waals surface area contributed by atoms with Gasteiger partial charge in [-0.1, -0.05) is 6.92 Å². The lowest BCUT2D eigenvalue weighted by atomic mass is 10.0. The van der Waals surface area contributed by atoms with Gasteiger partial charge in [-0.3, -0.25) is 9.69 Å². The number of carboxylic acid groups (broad SMARTS) is 1. The Balaban J connectivity index is 2.06. The fourth-order valence-electron chi connectivity index (χ4n) is 2.22. The molecule has 2 unspecified atom stereocenters. The number of furan rings is 1. The van der Waals surface area contributed by atoms with Gasteiger partial charge in [0.1, 0.15) is 6.04 Å². The molecule has 2 heterocycles. The number of likely N-dealkylation sites (tertiary alicyclic amines) is 1. The Morgan fingerprint density at radius 3 is 3.13 bits per heavy atom. The molecular weight excluding hydrogens is 194 g/mol. The molecule has 0 spiro atoms. The maximum absolute atomic E-state index is 11.1. The van der Waals surface area contributed by atoms with Crippen molar-refractivity contribution in [3.8, 4) is 0 Å². The van der Waals surface area contributed by atoms with Gasteiger partial charge in [0, 0.05) is 12.1 Å². The number of hydrogen-bond acceptors (Lipinski definition) is 3. The highest BCUT2D eigenvalue weighted by molar-refractivity contribution is 5.74. The molecule has 0 bridgehead atoms. The van der Waals surface area contributed by atoms with Gasteiger partial charge in [-0.25, -0.2) is 0 Å². The predicted molar refractivity (Wildman–Crippen MR) is 54.3 cm³/mol.